The molecule has 0 bridgehead atoms. The first-order valence-corrected chi connectivity index (χ1v) is 10.9. The second kappa shape index (κ2) is 9.87. The second-order valence-electron chi connectivity index (χ2n) is 7.45. The summed E-state index contributed by atoms with van der Waals surface area (Å²) in [5.74, 6) is 0.380. The summed E-state index contributed by atoms with van der Waals surface area (Å²) in [6.07, 6.45) is 3.50. The summed E-state index contributed by atoms with van der Waals surface area (Å²) in [5, 5.41) is 0. The molecule has 3 heterocycles. The van der Waals surface area contributed by atoms with Crippen molar-refractivity contribution in [1.82, 2.24) is 19.6 Å². The number of halogens is 1. The molecule has 1 aromatic heterocycles. The van der Waals surface area contributed by atoms with Gasteiger partial charge in [-0.2, -0.15) is 0 Å². The first kappa shape index (κ1) is 20.6. The Labute approximate surface area is 170 Å². The Balaban J connectivity index is 1.37. The van der Waals surface area contributed by atoms with Crippen molar-refractivity contribution in [2.45, 2.75) is 25.8 Å². The van der Waals surface area contributed by atoms with Crippen LogP contribution in [0.3, 0.4) is 0 Å². The fourth-order valence-electron chi connectivity index (χ4n) is 3.61. The van der Waals surface area contributed by atoms with E-state index in [4.69, 9.17) is 11.6 Å². The molecule has 2 aliphatic heterocycles. The maximum absolute atomic E-state index is 12.5. The summed E-state index contributed by atoms with van der Waals surface area (Å²) >= 11 is 7.47. The molecule has 0 atom stereocenters. The molecule has 0 aromatic carbocycles. The molecule has 0 spiro atoms. The van der Waals surface area contributed by atoms with Crippen LogP contribution in [0, 0.1) is 0 Å². The number of likely N-dealkylation sites (tertiary alicyclic amines) is 1. The number of carbonyl (C=O) groups is 2. The van der Waals surface area contributed by atoms with E-state index in [9.17, 15) is 9.59 Å². The first-order chi connectivity index (χ1) is 13.0. The highest BCUT2D eigenvalue weighted by Crippen LogP contribution is 2.22. The maximum atomic E-state index is 12.5. The molecule has 0 radical (unpaired) electrons. The third kappa shape index (κ3) is 6.17. The third-order valence-electron chi connectivity index (χ3n) is 5.34. The molecule has 3 rings (SSSR count). The van der Waals surface area contributed by atoms with E-state index in [1.165, 1.54) is 17.8 Å². The van der Waals surface area contributed by atoms with Crippen molar-refractivity contribution >= 4 is 34.8 Å². The van der Waals surface area contributed by atoms with Crippen LogP contribution in [0.5, 0.6) is 0 Å². The Morgan fingerprint density at radius 2 is 1.63 bits per heavy atom. The molecule has 150 valence electrons. The summed E-state index contributed by atoms with van der Waals surface area (Å²) in [6, 6.07) is 3.83. The van der Waals surface area contributed by atoms with Gasteiger partial charge in [0.1, 0.15) is 0 Å². The zero-order chi connectivity index (χ0) is 19.2. The molecule has 0 aliphatic carbocycles. The number of hydrogen-bond acceptors (Lipinski definition) is 5. The number of rotatable bonds is 6. The molecule has 0 N–H and O–H groups in total. The summed E-state index contributed by atoms with van der Waals surface area (Å²) < 4.78 is 0.751. The lowest BCUT2D eigenvalue weighted by Crippen LogP contribution is -2.52. The lowest BCUT2D eigenvalue weighted by Gasteiger charge is -2.36. The lowest BCUT2D eigenvalue weighted by molar-refractivity contribution is -0.135. The number of nitrogens with zero attached hydrogens (tertiary/aromatic N) is 4. The molecular weight excluding hydrogens is 384 g/mol. The Bertz CT molecular complexity index is 639. The lowest BCUT2D eigenvalue weighted by atomic mass is 10.1. The normalized spacial score (nSPS) is 19.3. The van der Waals surface area contributed by atoms with Crippen LogP contribution in [0.1, 0.15) is 24.1 Å². The fraction of sp³-hybridized carbons (Fsp3) is 0.684. The predicted octanol–water partition coefficient (Wildman–Crippen LogP) is 1.99. The van der Waals surface area contributed by atoms with E-state index < -0.39 is 0 Å². The smallest absolute Gasteiger partial charge is 0.236 e. The summed E-state index contributed by atoms with van der Waals surface area (Å²) in [5.41, 5.74) is 0. The van der Waals surface area contributed by atoms with Crippen LogP contribution >= 0.6 is 22.9 Å². The third-order valence-corrected chi connectivity index (χ3v) is 6.55. The summed E-state index contributed by atoms with van der Waals surface area (Å²) in [7, 11) is 1.84. The van der Waals surface area contributed by atoms with Crippen LogP contribution in [-0.4, -0.2) is 90.8 Å². The average molecular weight is 413 g/mol. The highest BCUT2D eigenvalue weighted by atomic mass is 35.5. The number of piperazine rings is 1. The fourth-order valence-corrected chi connectivity index (χ4v) is 4.75. The van der Waals surface area contributed by atoms with E-state index in [2.05, 4.69) is 9.80 Å². The minimum atomic E-state index is 0.123. The van der Waals surface area contributed by atoms with Gasteiger partial charge in [-0.3, -0.25) is 19.4 Å². The highest BCUT2D eigenvalue weighted by Gasteiger charge is 2.24. The van der Waals surface area contributed by atoms with E-state index in [-0.39, 0.29) is 11.8 Å². The number of amides is 2. The predicted molar refractivity (Wildman–Crippen MR) is 109 cm³/mol. The molecule has 27 heavy (non-hydrogen) atoms. The van der Waals surface area contributed by atoms with Crippen LogP contribution in [0.4, 0.5) is 0 Å². The number of carbonyl (C=O) groups excluding carboxylic acids is 2. The monoisotopic (exact) mass is 412 g/mol. The van der Waals surface area contributed by atoms with Crippen LogP contribution < -0.4 is 0 Å². The minimum absolute atomic E-state index is 0.123. The van der Waals surface area contributed by atoms with E-state index in [1.807, 2.05) is 24.1 Å². The minimum Gasteiger partial charge on any atom is -0.342 e. The van der Waals surface area contributed by atoms with Crippen LogP contribution in [-0.2, 0) is 16.1 Å². The number of likely N-dealkylation sites (N-methyl/N-ethyl adjacent to an activating group) is 1. The standard InChI is InChI=1S/C19H29ClN4O2S/c1-21(13-16-5-6-17(20)27-16)18(25)14-22-9-11-23(12-10-22)15-19(26)24-7-3-2-4-8-24/h5-6H,2-4,7-15H2,1H3. The van der Waals surface area contributed by atoms with Gasteiger partial charge in [0.25, 0.3) is 0 Å². The highest BCUT2D eigenvalue weighted by molar-refractivity contribution is 7.16. The van der Waals surface area contributed by atoms with E-state index in [1.54, 1.807) is 4.90 Å². The van der Waals surface area contributed by atoms with Crippen molar-refractivity contribution in [3.63, 3.8) is 0 Å². The van der Waals surface area contributed by atoms with Gasteiger partial charge in [-0.05, 0) is 31.4 Å². The largest absolute Gasteiger partial charge is 0.342 e. The maximum Gasteiger partial charge on any atom is 0.236 e. The van der Waals surface area contributed by atoms with Gasteiger partial charge >= 0.3 is 0 Å². The Morgan fingerprint density at radius 1 is 1.00 bits per heavy atom. The zero-order valence-electron chi connectivity index (χ0n) is 16.0. The van der Waals surface area contributed by atoms with Gasteiger partial charge in [-0.25, -0.2) is 0 Å². The molecule has 0 unspecified atom stereocenters. The zero-order valence-corrected chi connectivity index (χ0v) is 17.6. The SMILES string of the molecule is CN(Cc1ccc(Cl)s1)C(=O)CN1CCN(CC(=O)N2CCCCC2)CC1. The van der Waals surface area contributed by atoms with Crippen LogP contribution in [0.15, 0.2) is 12.1 Å². The summed E-state index contributed by atoms with van der Waals surface area (Å²) in [4.78, 5) is 34.1. The van der Waals surface area contributed by atoms with Gasteiger partial charge in [0.05, 0.1) is 24.0 Å². The van der Waals surface area contributed by atoms with Crippen LogP contribution in [0.2, 0.25) is 4.34 Å². The average Bonchev–Trinajstić information content (AvgIpc) is 3.08. The van der Waals surface area contributed by atoms with E-state index in [0.717, 1.165) is 61.3 Å². The number of piperidine rings is 1. The molecule has 6 nitrogen and oxygen atoms in total. The molecule has 2 amide bonds. The molecular formula is C19H29ClN4O2S. The Hall–Kier alpha value is -1.15. The van der Waals surface area contributed by atoms with E-state index in [0.29, 0.717) is 19.6 Å². The quantitative estimate of drug-likeness (QED) is 0.716. The van der Waals surface area contributed by atoms with Crippen molar-refractivity contribution in [3.05, 3.63) is 21.3 Å². The Kier molecular flexibility index (Phi) is 7.52. The molecule has 1 aromatic rings. The van der Waals surface area contributed by atoms with Gasteiger partial charge in [0.15, 0.2) is 0 Å². The van der Waals surface area contributed by atoms with Gasteiger partial charge in [-0.1, -0.05) is 11.6 Å². The van der Waals surface area contributed by atoms with Crippen molar-refractivity contribution in [2.24, 2.45) is 0 Å². The van der Waals surface area contributed by atoms with Gasteiger partial charge in [-0.15, -0.1) is 11.3 Å². The van der Waals surface area contributed by atoms with Crippen molar-refractivity contribution in [1.29, 1.82) is 0 Å². The van der Waals surface area contributed by atoms with Gasteiger partial charge in [0, 0.05) is 51.2 Å². The first-order valence-electron chi connectivity index (χ1n) is 9.72. The van der Waals surface area contributed by atoms with Gasteiger partial charge < -0.3 is 9.80 Å². The molecule has 8 heteroatoms. The topological polar surface area (TPSA) is 47.1 Å². The number of hydrogen-bond donors (Lipinski definition) is 0. The van der Waals surface area contributed by atoms with Crippen molar-refractivity contribution < 1.29 is 9.59 Å². The van der Waals surface area contributed by atoms with E-state index >= 15 is 0 Å². The van der Waals surface area contributed by atoms with Crippen molar-refractivity contribution in [2.75, 3.05) is 59.4 Å². The number of thiophene rings is 1. The summed E-state index contributed by atoms with van der Waals surface area (Å²) in [6.45, 7) is 6.72. The molecule has 2 fully saturated rings. The molecule has 0 saturated carbocycles. The van der Waals surface area contributed by atoms with Crippen molar-refractivity contribution in [3.8, 4) is 0 Å². The van der Waals surface area contributed by atoms with Crippen LogP contribution in [0.25, 0.3) is 0 Å². The Morgan fingerprint density at radius 3 is 2.22 bits per heavy atom. The van der Waals surface area contributed by atoms with Gasteiger partial charge in [0.2, 0.25) is 11.8 Å². The molecule has 2 saturated heterocycles. The second-order valence-corrected chi connectivity index (χ2v) is 9.25. The molecule has 2 aliphatic rings.